The fraction of sp³-hybridized carbons (Fsp3) is 0.909. The number of hydrogen-bond donors (Lipinski definition) is 1. The van der Waals surface area contributed by atoms with Gasteiger partial charge in [0.1, 0.15) is 6.61 Å². The van der Waals surface area contributed by atoms with Crippen molar-refractivity contribution in [2.24, 2.45) is 0 Å². The number of carbonyl (C=O) groups is 1. The molecule has 0 saturated heterocycles. The molecule has 0 fully saturated rings. The normalized spacial score (nSPS) is 11.5. The van der Waals surface area contributed by atoms with E-state index in [0.29, 0.717) is 26.4 Å². The van der Waals surface area contributed by atoms with Gasteiger partial charge >= 0.3 is 0 Å². The Morgan fingerprint density at radius 2 is 2.00 bits per heavy atom. The average Bonchev–Trinajstić information content (AvgIpc) is 2.22. The zero-order valence-electron chi connectivity index (χ0n) is 10.7. The van der Waals surface area contributed by atoms with Gasteiger partial charge in [0.25, 0.3) is 0 Å². The Hall–Kier alpha value is -0.650. The Morgan fingerprint density at radius 3 is 2.56 bits per heavy atom. The highest BCUT2D eigenvalue weighted by Crippen LogP contribution is 2.06. The number of ether oxygens (including phenoxy) is 3. The standard InChI is InChI=1S/C11H23NO4/c1-5-16-11(2,3)9-12-10(13)8-15-7-6-14-4/h5-9H2,1-4H3,(H,12,13). The maximum absolute atomic E-state index is 11.3. The van der Waals surface area contributed by atoms with Crippen molar-refractivity contribution in [2.75, 3.05) is 40.1 Å². The highest BCUT2D eigenvalue weighted by Gasteiger charge is 2.18. The van der Waals surface area contributed by atoms with Crippen LogP contribution in [-0.4, -0.2) is 51.6 Å². The lowest BCUT2D eigenvalue weighted by molar-refractivity contribution is -0.127. The molecular formula is C11H23NO4. The molecule has 0 bridgehead atoms. The molecule has 0 aliphatic heterocycles. The van der Waals surface area contributed by atoms with Crippen LogP contribution < -0.4 is 5.32 Å². The summed E-state index contributed by atoms with van der Waals surface area (Å²) in [5.41, 5.74) is -0.336. The van der Waals surface area contributed by atoms with Crippen LogP contribution in [0.5, 0.6) is 0 Å². The van der Waals surface area contributed by atoms with E-state index in [9.17, 15) is 4.79 Å². The average molecular weight is 233 g/mol. The topological polar surface area (TPSA) is 56.8 Å². The maximum Gasteiger partial charge on any atom is 0.246 e. The lowest BCUT2D eigenvalue weighted by Gasteiger charge is -2.24. The Bertz CT molecular complexity index is 194. The second-order valence-corrected chi connectivity index (χ2v) is 4.01. The molecule has 96 valence electrons. The highest BCUT2D eigenvalue weighted by atomic mass is 16.5. The van der Waals surface area contributed by atoms with Crippen LogP contribution in [0.15, 0.2) is 0 Å². The number of rotatable bonds is 9. The van der Waals surface area contributed by atoms with Crippen LogP contribution in [0, 0.1) is 0 Å². The van der Waals surface area contributed by atoms with Crippen molar-refractivity contribution in [3.05, 3.63) is 0 Å². The van der Waals surface area contributed by atoms with Crippen molar-refractivity contribution in [1.29, 1.82) is 0 Å². The fourth-order valence-corrected chi connectivity index (χ4v) is 1.11. The van der Waals surface area contributed by atoms with Gasteiger partial charge in [-0.1, -0.05) is 0 Å². The van der Waals surface area contributed by atoms with Crippen molar-refractivity contribution in [2.45, 2.75) is 26.4 Å². The van der Waals surface area contributed by atoms with Gasteiger partial charge in [-0.05, 0) is 20.8 Å². The van der Waals surface area contributed by atoms with Crippen LogP contribution in [0.1, 0.15) is 20.8 Å². The number of carbonyl (C=O) groups excluding carboxylic acids is 1. The van der Waals surface area contributed by atoms with Crippen molar-refractivity contribution in [1.82, 2.24) is 5.32 Å². The van der Waals surface area contributed by atoms with Gasteiger partial charge in [-0.25, -0.2) is 0 Å². The molecule has 0 saturated carbocycles. The van der Waals surface area contributed by atoms with E-state index in [1.165, 1.54) is 0 Å². The lowest BCUT2D eigenvalue weighted by atomic mass is 10.1. The SMILES string of the molecule is CCOC(C)(C)CNC(=O)COCCOC. The van der Waals surface area contributed by atoms with Crippen LogP contribution in [0.25, 0.3) is 0 Å². The molecule has 1 N–H and O–H groups in total. The first-order valence-electron chi connectivity index (χ1n) is 5.49. The van der Waals surface area contributed by atoms with Crippen LogP contribution in [-0.2, 0) is 19.0 Å². The monoisotopic (exact) mass is 233 g/mol. The molecule has 5 nitrogen and oxygen atoms in total. The molecule has 5 heteroatoms. The van der Waals surface area contributed by atoms with Crippen LogP contribution in [0.3, 0.4) is 0 Å². The highest BCUT2D eigenvalue weighted by molar-refractivity contribution is 5.77. The summed E-state index contributed by atoms with van der Waals surface area (Å²) in [4.78, 5) is 11.3. The van der Waals surface area contributed by atoms with Crippen molar-refractivity contribution in [3.63, 3.8) is 0 Å². The molecule has 0 unspecified atom stereocenters. The molecule has 0 aromatic rings. The maximum atomic E-state index is 11.3. The predicted molar refractivity (Wildman–Crippen MR) is 61.4 cm³/mol. The van der Waals surface area contributed by atoms with Crippen molar-refractivity contribution >= 4 is 5.91 Å². The van der Waals surface area contributed by atoms with Crippen LogP contribution in [0.2, 0.25) is 0 Å². The van der Waals surface area contributed by atoms with E-state index in [-0.39, 0.29) is 18.1 Å². The van der Waals surface area contributed by atoms with Crippen molar-refractivity contribution in [3.8, 4) is 0 Å². The van der Waals surface area contributed by atoms with Gasteiger partial charge in [-0.15, -0.1) is 0 Å². The first kappa shape index (κ1) is 15.3. The summed E-state index contributed by atoms with van der Waals surface area (Å²) in [5.74, 6) is -0.135. The quantitative estimate of drug-likeness (QED) is 0.592. The molecule has 0 aromatic heterocycles. The third-order valence-electron chi connectivity index (χ3n) is 1.91. The Kier molecular flexibility index (Phi) is 8.15. The number of amides is 1. The summed E-state index contributed by atoms with van der Waals surface area (Å²) >= 11 is 0. The third kappa shape index (κ3) is 8.64. The van der Waals surface area contributed by atoms with E-state index >= 15 is 0 Å². The van der Waals surface area contributed by atoms with E-state index < -0.39 is 0 Å². The second-order valence-electron chi connectivity index (χ2n) is 4.01. The summed E-state index contributed by atoms with van der Waals surface area (Å²) in [6, 6.07) is 0. The van der Waals surface area contributed by atoms with Gasteiger partial charge < -0.3 is 19.5 Å². The molecule has 0 aliphatic rings. The van der Waals surface area contributed by atoms with E-state index in [2.05, 4.69) is 5.32 Å². The Balaban J connectivity index is 3.56. The van der Waals surface area contributed by atoms with Gasteiger partial charge in [0.15, 0.2) is 0 Å². The second kappa shape index (κ2) is 8.50. The molecule has 0 spiro atoms. The van der Waals surface area contributed by atoms with E-state index in [1.54, 1.807) is 7.11 Å². The van der Waals surface area contributed by atoms with Gasteiger partial charge in [0, 0.05) is 20.3 Å². The lowest BCUT2D eigenvalue weighted by Crippen LogP contribution is -2.41. The minimum absolute atomic E-state index is 0.0611. The van der Waals surface area contributed by atoms with Gasteiger partial charge in [0.2, 0.25) is 5.91 Å². The minimum atomic E-state index is -0.336. The van der Waals surface area contributed by atoms with Gasteiger partial charge in [-0.3, -0.25) is 4.79 Å². The summed E-state index contributed by atoms with van der Waals surface area (Å²) in [6.45, 7) is 7.89. The molecule has 0 heterocycles. The molecule has 1 amide bonds. The third-order valence-corrected chi connectivity index (χ3v) is 1.91. The summed E-state index contributed by atoms with van der Waals surface area (Å²) in [5, 5.41) is 2.75. The molecule has 0 aromatic carbocycles. The van der Waals surface area contributed by atoms with Crippen molar-refractivity contribution < 1.29 is 19.0 Å². The predicted octanol–water partition coefficient (Wildman–Crippen LogP) is 0.581. The smallest absolute Gasteiger partial charge is 0.246 e. The van der Waals surface area contributed by atoms with Crippen LogP contribution in [0.4, 0.5) is 0 Å². The molecule has 16 heavy (non-hydrogen) atoms. The van der Waals surface area contributed by atoms with Gasteiger partial charge in [0.05, 0.1) is 18.8 Å². The van der Waals surface area contributed by atoms with Crippen LogP contribution >= 0.6 is 0 Å². The first-order valence-corrected chi connectivity index (χ1v) is 5.49. The van der Waals surface area contributed by atoms with E-state index in [0.717, 1.165) is 0 Å². The first-order chi connectivity index (χ1) is 7.52. The molecular weight excluding hydrogens is 210 g/mol. The fourth-order valence-electron chi connectivity index (χ4n) is 1.11. The Morgan fingerprint density at radius 1 is 1.31 bits per heavy atom. The molecule has 0 aliphatic carbocycles. The summed E-state index contributed by atoms with van der Waals surface area (Å²) in [6.07, 6.45) is 0. The summed E-state index contributed by atoms with van der Waals surface area (Å²) < 4.78 is 15.3. The van der Waals surface area contributed by atoms with E-state index in [1.807, 2.05) is 20.8 Å². The number of nitrogens with one attached hydrogen (secondary N) is 1. The zero-order valence-corrected chi connectivity index (χ0v) is 10.7. The zero-order chi connectivity index (χ0) is 12.4. The van der Waals surface area contributed by atoms with Gasteiger partial charge in [-0.2, -0.15) is 0 Å². The minimum Gasteiger partial charge on any atom is -0.382 e. The molecule has 0 rings (SSSR count). The largest absolute Gasteiger partial charge is 0.382 e. The van der Waals surface area contributed by atoms with E-state index in [4.69, 9.17) is 14.2 Å². The Labute approximate surface area is 97.4 Å². The number of methoxy groups -OCH3 is 1. The molecule has 0 radical (unpaired) electrons. The number of hydrogen-bond acceptors (Lipinski definition) is 4. The summed E-state index contributed by atoms with van der Waals surface area (Å²) in [7, 11) is 1.59. The molecule has 0 atom stereocenters.